The second-order valence-corrected chi connectivity index (χ2v) is 7.82. The van der Waals surface area contributed by atoms with Gasteiger partial charge in [-0.05, 0) is 37.1 Å². The number of hydrogen-bond acceptors (Lipinski definition) is 5. The van der Waals surface area contributed by atoms with Gasteiger partial charge >= 0.3 is 11.6 Å². The van der Waals surface area contributed by atoms with Gasteiger partial charge in [0.1, 0.15) is 17.3 Å². The molecule has 4 rings (SSSR count). The van der Waals surface area contributed by atoms with Crippen LogP contribution in [0, 0.1) is 13.8 Å². The van der Waals surface area contributed by atoms with Gasteiger partial charge < -0.3 is 9.15 Å². The van der Waals surface area contributed by atoms with E-state index < -0.39 is 11.6 Å². The second kappa shape index (κ2) is 9.24. The maximum absolute atomic E-state index is 12.3. The van der Waals surface area contributed by atoms with Gasteiger partial charge in [-0.2, -0.15) is 5.10 Å². The van der Waals surface area contributed by atoms with Crippen molar-refractivity contribution in [3.8, 4) is 0 Å². The van der Waals surface area contributed by atoms with E-state index in [0.717, 1.165) is 16.5 Å². The lowest BCUT2D eigenvalue weighted by Crippen LogP contribution is -2.05. The quantitative estimate of drug-likeness (QED) is 0.234. The minimum atomic E-state index is -0.551. The minimum absolute atomic E-state index is 0.0473. The summed E-state index contributed by atoms with van der Waals surface area (Å²) >= 11 is 6.48. The van der Waals surface area contributed by atoms with Crippen LogP contribution in [0.15, 0.2) is 69.9 Å². The minimum Gasteiger partial charge on any atom is -0.458 e. The molecule has 2 aromatic heterocycles. The van der Waals surface area contributed by atoms with Crippen molar-refractivity contribution >= 4 is 34.6 Å². The second-order valence-electron chi connectivity index (χ2n) is 7.46. The van der Waals surface area contributed by atoms with E-state index in [-0.39, 0.29) is 6.61 Å². The molecule has 0 N–H and O–H groups in total. The van der Waals surface area contributed by atoms with Crippen molar-refractivity contribution in [3.05, 3.63) is 104 Å². The molecule has 0 radical (unpaired) electrons. The molecular weight excluding hydrogens is 428 g/mol. The Morgan fingerprint density at radius 1 is 1.16 bits per heavy atom. The molecule has 0 amide bonds. The van der Waals surface area contributed by atoms with Gasteiger partial charge in [0.2, 0.25) is 0 Å². The largest absolute Gasteiger partial charge is 0.458 e. The Labute approximate surface area is 189 Å². The summed E-state index contributed by atoms with van der Waals surface area (Å²) in [5.74, 6) is -0.551. The average molecular weight is 449 g/mol. The van der Waals surface area contributed by atoms with Gasteiger partial charge in [-0.15, -0.1) is 0 Å². The highest BCUT2D eigenvalue weighted by Crippen LogP contribution is 2.23. The number of aromatic nitrogens is 2. The van der Waals surface area contributed by atoms with Crippen LogP contribution in [-0.4, -0.2) is 15.7 Å². The van der Waals surface area contributed by atoms with Gasteiger partial charge in [-0.25, -0.2) is 14.3 Å². The van der Waals surface area contributed by atoms with Gasteiger partial charge in [0.25, 0.3) is 0 Å². The molecule has 0 fully saturated rings. The molecule has 0 spiro atoms. The van der Waals surface area contributed by atoms with Crippen LogP contribution in [0.1, 0.15) is 27.9 Å². The summed E-state index contributed by atoms with van der Waals surface area (Å²) in [6.45, 7) is 4.22. The number of carbonyl (C=O) groups excluding carboxylic acids is 1. The highest BCUT2D eigenvalue weighted by atomic mass is 35.5. The summed E-state index contributed by atoms with van der Waals surface area (Å²) in [7, 11) is 0. The Hall–Kier alpha value is -3.64. The molecule has 4 aromatic rings. The van der Waals surface area contributed by atoms with Gasteiger partial charge in [0, 0.05) is 28.7 Å². The molecule has 6 nitrogen and oxygen atoms in total. The van der Waals surface area contributed by atoms with Crippen LogP contribution in [0.5, 0.6) is 0 Å². The first-order valence-corrected chi connectivity index (χ1v) is 10.4. The fourth-order valence-corrected chi connectivity index (χ4v) is 3.72. The number of nitrogens with zero attached hydrogens (tertiary/aromatic N) is 2. The molecule has 0 aliphatic heterocycles. The summed E-state index contributed by atoms with van der Waals surface area (Å²) in [6, 6.07) is 16.7. The van der Waals surface area contributed by atoms with Gasteiger partial charge in [0.15, 0.2) is 0 Å². The van der Waals surface area contributed by atoms with Crippen molar-refractivity contribution in [2.75, 3.05) is 0 Å². The number of benzene rings is 2. The van der Waals surface area contributed by atoms with Crippen molar-refractivity contribution in [1.82, 2.24) is 9.78 Å². The van der Waals surface area contributed by atoms with E-state index in [9.17, 15) is 9.59 Å². The fraction of sp³-hybridized carbons (Fsp3) is 0.160. The van der Waals surface area contributed by atoms with Crippen molar-refractivity contribution in [1.29, 1.82) is 0 Å². The fourth-order valence-electron chi connectivity index (χ4n) is 3.42. The number of ether oxygens (including phenoxy) is 1. The molecule has 0 aliphatic rings. The zero-order valence-electron chi connectivity index (χ0n) is 17.7. The molecule has 7 heteroatoms. The normalized spacial score (nSPS) is 11.3. The van der Waals surface area contributed by atoms with Crippen LogP contribution in [-0.2, 0) is 22.7 Å². The summed E-state index contributed by atoms with van der Waals surface area (Å²) < 4.78 is 12.3. The first kappa shape index (κ1) is 21.6. The van der Waals surface area contributed by atoms with E-state index in [4.69, 9.17) is 20.8 Å². The maximum Gasteiger partial charge on any atom is 0.336 e. The van der Waals surface area contributed by atoms with Crippen molar-refractivity contribution in [2.45, 2.75) is 27.0 Å². The summed E-state index contributed by atoms with van der Waals surface area (Å²) in [5, 5.41) is 5.64. The van der Waals surface area contributed by atoms with Crippen LogP contribution in [0.2, 0.25) is 5.15 Å². The third kappa shape index (κ3) is 4.81. The molecule has 0 saturated heterocycles. The van der Waals surface area contributed by atoms with E-state index in [1.54, 1.807) is 16.8 Å². The summed E-state index contributed by atoms with van der Waals surface area (Å²) in [6.07, 6.45) is 2.90. The number of rotatable bonds is 6. The Kier molecular flexibility index (Phi) is 6.23. The first-order chi connectivity index (χ1) is 15.4. The Balaban J connectivity index is 1.47. The third-order valence-electron chi connectivity index (χ3n) is 5.03. The molecule has 0 atom stereocenters. The molecule has 0 aliphatic carbocycles. The number of halogens is 1. The average Bonchev–Trinajstić information content (AvgIpc) is 3.03. The zero-order chi connectivity index (χ0) is 22.7. The first-order valence-electron chi connectivity index (χ1n) is 10.1. The molecule has 32 heavy (non-hydrogen) atoms. The predicted molar refractivity (Wildman–Crippen MR) is 124 cm³/mol. The van der Waals surface area contributed by atoms with Crippen molar-refractivity contribution in [2.24, 2.45) is 0 Å². The topological polar surface area (TPSA) is 74.3 Å². The molecule has 0 unspecified atom stereocenters. The highest BCUT2D eigenvalue weighted by Gasteiger charge is 2.13. The van der Waals surface area contributed by atoms with Crippen LogP contribution < -0.4 is 5.63 Å². The molecule has 2 heterocycles. The number of fused-ring (bicyclic) bond motifs is 1. The van der Waals surface area contributed by atoms with Crippen LogP contribution in [0.4, 0.5) is 0 Å². The third-order valence-corrected chi connectivity index (χ3v) is 5.42. The van der Waals surface area contributed by atoms with E-state index in [2.05, 4.69) is 5.10 Å². The number of esters is 1. The Bertz CT molecular complexity index is 1370. The van der Waals surface area contributed by atoms with E-state index >= 15 is 0 Å². The molecule has 0 bridgehead atoms. The smallest absolute Gasteiger partial charge is 0.336 e. The molecule has 0 saturated carbocycles. The van der Waals surface area contributed by atoms with E-state index in [0.29, 0.717) is 34.1 Å². The van der Waals surface area contributed by atoms with Gasteiger partial charge in [-0.1, -0.05) is 54.1 Å². The molecular formula is C25H21ClN2O4. The maximum atomic E-state index is 12.3. The highest BCUT2D eigenvalue weighted by molar-refractivity contribution is 6.31. The van der Waals surface area contributed by atoms with Crippen molar-refractivity contribution in [3.63, 3.8) is 0 Å². The lowest BCUT2D eigenvalue weighted by molar-refractivity contribution is -0.138. The van der Waals surface area contributed by atoms with Gasteiger partial charge in [-0.3, -0.25) is 0 Å². The number of hydrogen-bond donors (Lipinski definition) is 0. The summed E-state index contributed by atoms with van der Waals surface area (Å²) in [5.41, 5.74) is 3.96. The number of carbonyl (C=O) groups is 1. The SMILES string of the molecule is Cc1ccc2c(COC(=O)/C=C/c3c(C)nn(Cc4ccccc4)c3Cl)cc(=O)oc2c1. The Morgan fingerprint density at radius 3 is 2.72 bits per heavy atom. The van der Waals surface area contributed by atoms with Crippen LogP contribution >= 0.6 is 11.6 Å². The zero-order valence-corrected chi connectivity index (χ0v) is 18.4. The van der Waals surface area contributed by atoms with E-state index in [1.807, 2.05) is 56.3 Å². The van der Waals surface area contributed by atoms with Gasteiger partial charge in [0.05, 0.1) is 12.2 Å². The standard InChI is InChI=1S/C25H21ClN2O4/c1-16-8-9-21-19(13-24(30)32-22(21)12-16)15-31-23(29)11-10-20-17(2)27-28(25(20)26)14-18-6-4-3-5-7-18/h3-13H,14-15H2,1-2H3/b11-10+. The van der Waals surface area contributed by atoms with Crippen LogP contribution in [0.25, 0.3) is 17.0 Å². The monoisotopic (exact) mass is 448 g/mol. The van der Waals surface area contributed by atoms with E-state index in [1.165, 1.54) is 12.1 Å². The number of aryl methyl sites for hydroxylation is 2. The lowest BCUT2D eigenvalue weighted by Gasteiger charge is -2.06. The molecule has 2 aromatic carbocycles. The predicted octanol–water partition coefficient (Wildman–Crippen LogP) is 5.06. The Morgan fingerprint density at radius 2 is 1.94 bits per heavy atom. The summed E-state index contributed by atoms with van der Waals surface area (Å²) in [4.78, 5) is 24.1. The van der Waals surface area contributed by atoms with Crippen LogP contribution in [0.3, 0.4) is 0 Å². The van der Waals surface area contributed by atoms with Crippen molar-refractivity contribution < 1.29 is 13.9 Å². The lowest BCUT2D eigenvalue weighted by atomic mass is 10.1. The molecule has 162 valence electrons.